The van der Waals surface area contributed by atoms with Crippen molar-refractivity contribution in [1.29, 1.82) is 0 Å². The lowest BCUT2D eigenvalue weighted by atomic mass is 10.1. The summed E-state index contributed by atoms with van der Waals surface area (Å²) < 4.78 is 32.4. The standard InChI is InChI=1S/C22H15ClN2O5S/c23-14-4-3-5-16(12-14)25-31(28,29)17-10-8-15(9-11-17)24-13-20-18-6-1-2-7-19(18)21(26)30-22(20)27/h1-13,25,27H. The van der Waals surface area contributed by atoms with Crippen molar-refractivity contribution in [2.45, 2.75) is 4.90 Å². The van der Waals surface area contributed by atoms with E-state index in [9.17, 15) is 18.3 Å². The van der Waals surface area contributed by atoms with Gasteiger partial charge in [0.2, 0.25) is 0 Å². The molecule has 1 aromatic heterocycles. The van der Waals surface area contributed by atoms with Crippen molar-refractivity contribution >= 4 is 50.0 Å². The Bertz CT molecular complexity index is 1460. The monoisotopic (exact) mass is 454 g/mol. The van der Waals surface area contributed by atoms with E-state index in [4.69, 9.17) is 16.0 Å². The summed E-state index contributed by atoms with van der Waals surface area (Å²) in [5, 5.41) is 11.2. The average molecular weight is 455 g/mol. The number of anilines is 1. The van der Waals surface area contributed by atoms with Crippen LogP contribution in [0.4, 0.5) is 11.4 Å². The number of aliphatic imine (C=N–C) groups is 1. The van der Waals surface area contributed by atoms with Gasteiger partial charge in [0, 0.05) is 16.6 Å². The van der Waals surface area contributed by atoms with Gasteiger partial charge in [0.25, 0.3) is 16.0 Å². The van der Waals surface area contributed by atoms with Crippen LogP contribution in [0.3, 0.4) is 0 Å². The maximum absolute atomic E-state index is 12.6. The second-order valence-corrected chi connectivity index (χ2v) is 8.64. The van der Waals surface area contributed by atoms with E-state index >= 15 is 0 Å². The van der Waals surface area contributed by atoms with E-state index in [1.54, 1.807) is 42.5 Å². The highest BCUT2D eigenvalue weighted by Gasteiger charge is 2.14. The molecule has 4 aromatic rings. The number of aromatic hydroxyl groups is 1. The maximum atomic E-state index is 12.6. The van der Waals surface area contributed by atoms with Crippen LogP contribution in [0.25, 0.3) is 10.8 Å². The predicted octanol–water partition coefficient (Wildman–Crippen LogP) is 4.70. The molecular weight excluding hydrogens is 440 g/mol. The van der Waals surface area contributed by atoms with Crippen molar-refractivity contribution < 1.29 is 17.9 Å². The normalized spacial score (nSPS) is 11.8. The topological polar surface area (TPSA) is 109 Å². The number of halogens is 1. The molecule has 7 nitrogen and oxygen atoms in total. The van der Waals surface area contributed by atoms with E-state index in [-0.39, 0.29) is 10.5 Å². The van der Waals surface area contributed by atoms with Crippen molar-refractivity contribution in [1.82, 2.24) is 0 Å². The Labute approximate surface area is 182 Å². The Morgan fingerprint density at radius 3 is 2.39 bits per heavy atom. The second-order valence-electron chi connectivity index (χ2n) is 6.52. The highest BCUT2D eigenvalue weighted by molar-refractivity contribution is 7.92. The molecule has 0 bridgehead atoms. The Kier molecular flexibility index (Phi) is 5.50. The molecule has 9 heteroatoms. The molecule has 156 valence electrons. The average Bonchev–Trinajstić information content (AvgIpc) is 2.74. The molecule has 0 aliphatic carbocycles. The van der Waals surface area contributed by atoms with E-state index in [1.807, 2.05) is 0 Å². The zero-order valence-corrected chi connectivity index (χ0v) is 17.4. The lowest BCUT2D eigenvalue weighted by Gasteiger charge is -2.08. The van der Waals surface area contributed by atoms with Crippen molar-refractivity contribution in [2.24, 2.45) is 4.99 Å². The first-order valence-electron chi connectivity index (χ1n) is 9.01. The number of benzene rings is 3. The van der Waals surface area contributed by atoms with Gasteiger partial charge in [-0.15, -0.1) is 0 Å². The van der Waals surface area contributed by atoms with Gasteiger partial charge in [0.1, 0.15) is 0 Å². The van der Waals surface area contributed by atoms with Gasteiger partial charge >= 0.3 is 5.63 Å². The van der Waals surface area contributed by atoms with Gasteiger partial charge in [-0.3, -0.25) is 9.71 Å². The number of nitrogens with one attached hydrogen (secondary N) is 1. The van der Waals surface area contributed by atoms with Gasteiger partial charge in [-0.1, -0.05) is 35.9 Å². The van der Waals surface area contributed by atoms with Crippen molar-refractivity contribution in [3.8, 4) is 5.95 Å². The molecule has 0 radical (unpaired) electrons. The van der Waals surface area contributed by atoms with Gasteiger partial charge < -0.3 is 9.52 Å². The summed E-state index contributed by atoms with van der Waals surface area (Å²) >= 11 is 5.89. The molecule has 0 amide bonds. The van der Waals surface area contributed by atoms with E-state index < -0.39 is 21.6 Å². The van der Waals surface area contributed by atoms with Crippen LogP contribution in [-0.2, 0) is 10.0 Å². The van der Waals surface area contributed by atoms with Crippen LogP contribution in [0, 0.1) is 0 Å². The maximum Gasteiger partial charge on any atom is 0.346 e. The molecular formula is C22H15ClN2O5S. The largest absolute Gasteiger partial charge is 0.480 e. The first-order chi connectivity index (χ1) is 14.8. The Balaban J connectivity index is 1.60. The van der Waals surface area contributed by atoms with E-state index in [0.717, 1.165) is 0 Å². The predicted molar refractivity (Wildman–Crippen MR) is 120 cm³/mol. The van der Waals surface area contributed by atoms with E-state index in [0.29, 0.717) is 27.2 Å². The molecule has 0 unspecified atom stereocenters. The van der Waals surface area contributed by atoms with Crippen molar-refractivity contribution in [3.05, 3.63) is 93.8 Å². The summed E-state index contributed by atoms with van der Waals surface area (Å²) in [6, 6.07) is 18.9. The number of rotatable bonds is 5. The molecule has 0 aliphatic rings. The smallest absolute Gasteiger partial charge is 0.346 e. The molecule has 0 atom stereocenters. The van der Waals surface area contributed by atoms with Crippen molar-refractivity contribution in [2.75, 3.05) is 4.72 Å². The third-order valence-electron chi connectivity index (χ3n) is 4.42. The fraction of sp³-hybridized carbons (Fsp3) is 0. The van der Waals surface area contributed by atoms with Crippen LogP contribution in [0.5, 0.6) is 5.95 Å². The molecule has 0 spiro atoms. The Morgan fingerprint density at radius 1 is 0.968 bits per heavy atom. The van der Waals surface area contributed by atoms with Gasteiger partial charge in [-0.05, 0) is 48.5 Å². The van der Waals surface area contributed by atoms with Crippen LogP contribution < -0.4 is 10.3 Å². The molecule has 2 N–H and O–H groups in total. The summed E-state index contributed by atoms with van der Waals surface area (Å²) in [5.74, 6) is -0.544. The van der Waals surface area contributed by atoms with Gasteiger partial charge in [0.15, 0.2) is 0 Å². The molecule has 1 heterocycles. The second kappa shape index (κ2) is 8.25. The van der Waals surface area contributed by atoms with Crippen LogP contribution in [0.1, 0.15) is 5.56 Å². The van der Waals surface area contributed by atoms with Crippen molar-refractivity contribution in [3.63, 3.8) is 0 Å². The minimum atomic E-state index is -3.80. The third-order valence-corrected chi connectivity index (χ3v) is 6.06. The van der Waals surface area contributed by atoms with Crippen LogP contribution in [0.2, 0.25) is 5.02 Å². The summed E-state index contributed by atoms with van der Waals surface area (Å²) in [5.41, 5.74) is 0.389. The summed E-state index contributed by atoms with van der Waals surface area (Å²) in [6.07, 6.45) is 1.36. The number of fused-ring (bicyclic) bond motifs is 1. The van der Waals surface area contributed by atoms with E-state index in [1.165, 1.54) is 36.5 Å². The van der Waals surface area contributed by atoms with Gasteiger partial charge in [-0.2, -0.15) is 0 Å². The third kappa shape index (κ3) is 4.45. The molecule has 0 fully saturated rings. The number of sulfonamides is 1. The first-order valence-corrected chi connectivity index (χ1v) is 10.9. The summed E-state index contributed by atoms with van der Waals surface area (Å²) in [6.45, 7) is 0. The van der Waals surface area contributed by atoms with E-state index in [2.05, 4.69) is 9.71 Å². The molecule has 4 rings (SSSR count). The lowest BCUT2D eigenvalue weighted by molar-refractivity contribution is 0.312. The molecule has 0 saturated heterocycles. The first kappa shape index (κ1) is 20.6. The molecule has 0 aliphatic heterocycles. The molecule has 0 saturated carbocycles. The highest BCUT2D eigenvalue weighted by Crippen LogP contribution is 2.25. The number of nitrogens with zero attached hydrogens (tertiary/aromatic N) is 1. The Hall–Kier alpha value is -3.62. The molecule has 3 aromatic carbocycles. The van der Waals surface area contributed by atoms with Crippen LogP contribution in [0.15, 0.2) is 91.9 Å². The molecule has 31 heavy (non-hydrogen) atoms. The van der Waals surface area contributed by atoms with Gasteiger partial charge in [-0.25, -0.2) is 13.2 Å². The zero-order chi connectivity index (χ0) is 22.0. The number of hydrogen-bond donors (Lipinski definition) is 2. The highest BCUT2D eigenvalue weighted by atomic mass is 35.5. The van der Waals surface area contributed by atoms with Crippen LogP contribution in [-0.4, -0.2) is 19.7 Å². The minimum absolute atomic E-state index is 0.0467. The number of hydrogen-bond acceptors (Lipinski definition) is 6. The lowest BCUT2D eigenvalue weighted by Crippen LogP contribution is -2.12. The minimum Gasteiger partial charge on any atom is -0.480 e. The Morgan fingerprint density at radius 2 is 1.68 bits per heavy atom. The van der Waals surface area contributed by atoms with Gasteiger partial charge in [0.05, 0.1) is 27.2 Å². The zero-order valence-electron chi connectivity index (χ0n) is 15.8. The fourth-order valence-electron chi connectivity index (χ4n) is 2.95. The SMILES string of the molecule is O=c1oc(O)c(C=Nc2ccc(S(=O)(=O)Nc3cccc(Cl)c3)cc2)c2ccccc12. The quantitative estimate of drug-likeness (QED) is 0.425. The summed E-state index contributed by atoms with van der Waals surface area (Å²) in [4.78, 5) is 16.2. The fourth-order valence-corrected chi connectivity index (χ4v) is 4.19. The van der Waals surface area contributed by atoms with Crippen LogP contribution >= 0.6 is 11.6 Å². The summed E-state index contributed by atoms with van der Waals surface area (Å²) in [7, 11) is -3.80.